The van der Waals surface area contributed by atoms with Gasteiger partial charge in [0.25, 0.3) is 0 Å². The third-order valence-corrected chi connectivity index (χ3v) is 18.6. The first-order valence-electron chi connectivity index (χ1n) is 31.1. The summed E-state index contributed by atoms with van der Waals surface area (Å²) in [5, 5.41) is 33.5. The van der Waals surface area contributed by atoms with Crippen molar-refractivity contribution >= 4 is 36.4 Å². The summed E-state index contributed by atoms with van der Waals surface area (Å²) in [7, 11) is 0. The van der Waals surface area contributed by atoms with E-state index in [2.05, 4.69) is 87.2 Å². The Morgan fingerprint density at radius 1 is 0.583 bits per heavy atom. The number of aldehydes is 1. The number of carbonyl (C=O) groups is 6. The lowest BCUT2D eigenvalue weighted by atomic mass is 10.0. The summed E-state index contributed by atoms with van der Waals surface area (Å²) in [6.07, 6.45) is 12.5. The average Bonchev–Trinajstić information content (AvgIpc) is 3.49. The highest BCUT2D eigenvalue weighted by molar-refractivity contribution is 5.73. The lowest BCUT2D eigenvalue weighted by Crippen LogP contribution is -2.44. The maximum Gasteiger partial charge on any atom is 0.410 e. The first-order chi connectivity index (χ1) is 39.9. The minimum absolute atomic E-state index is 0.0775. The normalized spacial score (nSPS) is 28.0. The van der Waals surface area contributed by atoms with E-state index in [1.54, 1.807) is 4.90 Å². The zero-order chi connectivity index (χ0) is 60.0. The highest BCUT2D eigenvalue weighted by atomic mass is 16.6. The van der Waals surface area contributed by atoms with Crippen LogP contribution in [0.25, 0.3) is 0 Å². The third-order valence-electron chi connectivity index (χ3n) is 18.6. The molecular formula is C67H94N6O11. The van der Waals surface area contributed by atoms with Gasteiger partial charge in [0, 0.05) is 99.1 Å². The minimum atomic E-state index is -0.693. The van der Waals surface area contributed by atoms with Crippen LogP contribution in [0.5, 0.6) is 0 Å². The molecule has 9 aliphatic rings. The zero-order valence-electron chi connectivity index (χ0n) is 50.6. The molecule has 84 heavy (non-hydrogen) atoms. The number of rotatable bonds is 20. The molecule has 0 aromatic heterocycles. The minimum Gasteiger partial charge on any atom is -0.481 e. The molecule has 3 heterocycles. The molecule has 6 aliphatic carbocycles. The molecule has 0 radical (unpaired) electrons. The van der Waals surface area contributed by atoms with E-state index in [0.717, 1.165) is 110 Å². The van der Waals surface area contributed by atoms with Crippen molar-refractivity contribution in [3.63, 3.8) is 0 Å². The van der Waals surface area contributed by atoms with E-state index in [9.17, 15) is 33.9 Å². The van der Waals surface area contributed by atoms with E-state index in [4.69, 9.17) is 19.7 Å². The van der Waals surface area contributed by atoms with E-state index in [1.165, 1.54) is 36.0 Å². The lowest BCUT2D eigenvalue weighted by Gasteiger charge is -2.32. The molecule has 3 unspecified atom stereocenters. The van der Waals surface area contributed by atoms with Gasteiger partial charge in [-0.15, -0.1) is 0 Å². The molecule has 3 saturated heterocycles. The van der Waals surface area contributed by atoms with Gasteiger partial charge in [-0.25, -0.2) is 9.59 Å². The number of carboxylic acid groups (broad SMARTS) is 3. The van der Waals surface area contributed by atoms with Crippen molar-refractivity contribution in [3.05, 3.63) is 108 Å². The molecule has 3 aromatic rings. The van der Waals surface area contributed by atoms with Crippen LogP contribution in [0.3, 0.4) is 0 Å². The SMILES string of the molecule is CC(C)(C)OC(=O)N(CC1(C=O)CC1)[C@H]1CC1c1ccccc1.CC(C)(C)OC(=O)N(CC1(CN2CC[C@H](C(=O)O)C2)CC1)[C@H]1CC1c1ccccc1.O=C(O)[C@H]1CCN(CC2(CN[C@H]3CC3c3ccccc3)CC2)C1.O=C(O)[C@H]1CCNC1. The molecular weight excluding hydrogens is 1060 g/mol. The molecule has 9 fully saturated rings. The summed E-state index contributed by atoms with van der Waals surface area (Å²) < 4.78 is 11.3. The van der Waals surface area contributed by atoms with Gasteiger partial charge >= 0.3 is 30.1 Å². The highest BCUT2D eigenvalue weighted by Gasteiger charge is 2.55. The maximum absolute atomic E-state index is 13.1. The number of benzene rings is 3. The summed E-state index contributed by atoms with van der Waals surface area (Å²) in [5.74, 6) is -1.11. The number of aliphatic carboxylic acids is 3. The Bertz CT molecular complexity index is 2720. The fraction of sp³-hybridized carbons (Fsp3) is 0.642. The summed E-state index contributed by atoms with van der Waals surface area (Å²) in [5.41, 5.74) is 3.11. The van der Waals surface area contributed by atoms with Crippen LogP contribution in [-0.2, 0) is 28.7 Å². The summed E-state index contributed by atoms with van der Waals surface area (Å²) in [6.45, 7) is 20.2. The Morgan fingerprint density at radius 3 is 1.37 bits per heavy atom. The van der Waals surface area contributed by atoms with E-state index >= 15 is 0 Å². The van der Waals surface area contributed by atoms with Crippen molar-refractivity contribution in [2.24, 2.45) is 34.0 Å². The molecule has 0 bridgehead atoms. The van der Waals surface area contributed by atoms with E-state index in [-0.39, 0.29) is 52.9 Å². The van der Waals surface area contributed by atoms with Crippen molar-refractivity contribution in [1.82, 2.24) is 30.2 Å². The van der Waals surface area contributed by atoms with E-state index in [0.29, 0.717) is 55.4 Å². The van der Waals surface area contributed by atoms with Crippen molar-refractivity contribution in [2.75, 3.05) is 72.0 Å². The fourth-order valence-corrected chi connectivity index (χ4v) is 12.7. The number of carboxylic acids is 3. The van der Waals surface area contributed by atoms with Gasteiger partial charge in [0.1, 0.15) is 17.5 Å². The lowest BCUT2D eigenvalue weighted by molar-refractivity contribution is -0.142. The van der Waals surface area contributed by atoms with Crippen LogP contribution in [0.15, 0.2) is 91.0 Å². The summed E-state index contributed by atoms with van der Waals surface area (Å²) in [6, 6.07) is 32.4. The van der Waals surface area contributed by atoms with Crippen LogP contribution in [0.2, 0.25) is 0 Å². The molecule has 5 N–H and O–H groups in total. The van der Waals surface area contributed by atoms with Crippen LogP contribution in [0.1, 0.15) is 153 Å². The maximum atomic E-state index is 13.1. The second kappa shape index (κ2) is 26.4. The Kier molecular flexibility index (Phi) is 19.7. The second-order valence-corrected chi connectivity index (χ2v) is 28.2. The number of nitrogens with zero attached hydrogens (tertiary/aromatic N) is 4. The third kappa shape index (κ3) is 17.9. The fourth-order valence-electron chi connectivity index (χ4n) is 12.7. The van der Waals surface area contributed by atoms with Crippen molar-refractivity contribution in [3.8, 4) is 0 Å². The first kappa shape index (κ1) is 62.6. The number of nitrogens with one attached hydrogen (secondary N) is 2. The predicted octanol–water partition coefficient (Wildman–Crippen LogP) is 9.72. The topological polar surface area (TPSA) is 219 Å². The summed E-state index contributed by atoms with van der Waals surface area (Å²) >= 11 is 0. The molecule has 17 heteroatoms. The van der Waals surface area contributed by atoms with E-state index < -0.39 is 29.1 Å². The molecule has 3 aliphatic heterocycles. The average molecular weight is 1160 g/mol. The number of amides is 2. The van der Waals surface area contributed by atoms with Crippen molar-refractivity contribution in [2.45, 2.75) is 166 Å². The van der Waals surface area contributed by atoms with Crippen LogP contribution in [0, 0.1) is 34.0 Å². The number of ether oxygens (including phenoxy) is 2. The molecule has 2 amide bonds. The van der Waals surface area contributed by atoms with Crippen LogP contribution in [-0.4, -0.2) is 173 Å². The number of hydrogen-bond donors (Lipinski definition) is 5. The Balaban J connectivity index is 0.000000143. The molecule has 0 spiro atoms. The monoisotopic (exact) mass is 1160 g/mol. The number of likely N-dealkylation sites (tertiary alicyclic amines) is 2. The van der Waals surface area contributed by atoms with Crippen LogP contribution >= 0.6 is 0 Å². The highest BCUT2D eigenvalue weighted by Crippen LogP contribution is 2.53. The Morgan fingerprint density at radius 2 is 1.01 bits per heavy atom. The van der Waals surface area contributed by atoms with Gasteiger partial charge in [-0.05, 0) is 160 Å². The smallest absolute Gasteiger partial charge is 0.410 e. The zero-order valence-corrected chi connectivity index (χ0v) is 50.6. The van der Waals surface area contributed by atoms with Gasteiger partial charge < -0.3 is 59.8 Å². The molecule has 12 rings (SSSR count). The van der Waals surface area contributed by atoms with E-state index in [1.807, 2.05) is 70.7 Å². The van der Waals surface area contributed by atoms with Gasteiger partial charge in [-0.3, -0.25) is 14.4 Å². The number of carbonyl (C=O) groups excluding carboxylic acids is 3. The van der Waals surface area contributed by atoms with Gasteiger partial charge in [-0.1, -0.05) is 91.0 Å². The van der Waals surface area contributed by atoms with Gasteiger partial charge in [-0.2, -0.15) is 0 Å². The number of hydrogen-bond acceptors (Lipinski definition) is 12. The standard InChI is InChI=1S/C24H34N2O4.C19H26N2O2.C19H25NO3.C5H9NO2/c1-23(2,3)30-22(29)26(20-13-19(20)17-7-5-4-6-8-17)16-24(10-11-24)15-25-12-9-18(14-25)21(27)28;22-18(23)15-6-9-21(11-15)13-19(7-8-19)12-20-17-10-16(17)14-4-2-1-3-5-14;1-18(2,3)23-17(22)20(12-19(13-21)9-10-19)16-11-15(16)14-7-5-4-6-8-14;7-5(8)4-1-2-6-3-4/h4-8,18-20H,9-16H2,1-3H3,(H,27,28);1-5,15-17,20H,6-13H2,(H,22,23);4-8,13,15-16H,9-12H2,1-3H3;4,6H,1-3H2,(H,7,8)/t18-,19?,20-;15-,16?,17-;15?,16-;4-/m0000/s1. The molecule has 3 aromatic carbocycles. The summed E-state index contributed by atoms with van der Waals surface area (Å²) in [4.78, 5) is 78.1. The van der Waals surface area contributed by atoms with Crippen molar-refractivity contribution in [1.29, 1.82) is 0 Å². The molecule has 17 nitrogen and oxygen atoms in total. The van der Waals surface area contributed by atoms with Crippen LogP contribution < -0.4 is 10.6 Å². The molecule has 6 saturated carbocycles. The Labute approximate surface area is 497 Å². The molecule has 9 atom stereocenters. The van der Waals surface area contributed by atoms with Gasteiger partial charge in [0.15, 0.2) is 0 Å². The van der Waals surface area contributed by atoms with Gasteiger partial charge in [0.05, 0.1) is 17.8 Å². The van der Waals surface area contributed by atoms with Gasteiger partial charge in [0.2, 0.25) is 0 Å². The largest absolute Gasteiger partial charge is 0.481 e. The predicted molar refractivity (Wildman–Crippen MR) is 321 cm³/mol. The molecule has 458 valence electrons. The second-order valence-electron chi connectivity index (χ2n) is 28.2. The Hall–Kier alpha value is -5.88. The van der Waals surface area contributed by atoms with Crippen molar-refractivity contribution < 1.29 is 53.6 Å². The quantitative estimate of drug-likeness (QED) is 0.0665. The first-order valence-corrected chi connectivity index (χ1v) is 31.1. The van der Waals surface area contributed by atoms with Crippen LogP contribution in [0.4, 0.5) is 9.59 Å².